The number of pyridine rings is 1. The maximum atomic E-state index is 11.1. The average Bonchev–Trinajstić information content (AvgIpc) is 2.15. The van der Waals surface area contributed by atoms with Crippen LogP contribution in [0, 0.1) is 25.2 Å². The third-order valence-electron chi connectivity index (χ3n) is 2.29. The van der Waals surface area contributed by atoms with E-state index in [0.29, 0.717) is 10.6 Å². The van der Waals surface area contributed by atoms with E-state index < -0.39 is 10.7 Å². The van der Waals surface area contributed by atoms with Gasteiger partial charge in [0.25, 0.3) is 0 Å². The van der Waals surface area contributed by atoms with Gasteiger partial charge < -0.3 is 5.11 Å². The molecular formula is C12H14N2O2S. The van der Waals surface area contributed by atoms with Crippen LogP contribution < -0.4 is 0 Å². The Labute approximate surface area is 105 Å². The molecule has 1 N–H and O–H groups in total. The van der Waals surface area contributed by atoms with Crippen molar-refractivity contribution < 1.29 is 9.90 Å². The molecule has 1 aromatic heterocycles. The van der Waals surface area contributed by atoms with Crippen molar-refractivity contribution >= 4 is 17.7 Å². The molecule has 0 fully saturated rings. The molecule has 0 aliphatic heterocycles. The van der Waals surface area contributed by atoms with Crippen LogP contribution in [-0.4, -0.2) is 20.8 Å². The van der Waals surface area contributed by atoms with Crippen molar-refractivity contribution in [2.24, 2.45) is 0 Å². The number of hydrogen-bond acceptors (Lipinski definition) is 4. The van der Waals surface area contributed by atoms with Crippen LogP contribution in [-0.2, 0) is 4.79 Å². The predicted octanol–water partition coefficient (Wildman–Crippen LogP) is 2.53. The summed E-state index contributed by atoms with van der Waals surface area (Å²) in [5.74, 6) is -0.924. The molecular weight excluding hydrogens is 236 g/mol. The third-order valence-corrected chi connectivity index (χ3v) is 3.46. The molecule has 0 radical (unpaired) electrons. The summed E-state index contributed by atoms with van der Waals surface area (Å²) in [4.78, 5) is 15.3. The Morgan fingerprint density at radius 3 is 2.59 bits per heavy atom. The van der Waals surface area contributed by atoms with E-state index >= 15 is 0 Å². The highest BCUT2D eigenvalue weighted by Gasteiger charge is 2.30. The first-order valence-electron chi connectivity index (χ1n) is 5.08. The minimum Gasteiger partial charge on any atom is -0.480 e. The monoisotopic (exact) mass is 250 g/mol. The highest BCUT2D eigenvalue weighted by Crippen LogP contribution is 2.34. The molecule has 0 aliphatic rings. The van der Waals surface area contributed by atoms with E-state index in [1.54, 1.807) is 13.8 Å². The average molecular weight is 250 g/mol. The molecule has 0 atom stereocenters. The number of aromatic nitrogens is 1. The highest BCUT2D eigenvalue weighted by molar-refractivity contribution is 8.01. The Hall–Kier alpha value is -1.54. The second-order valence-corrected chi connectivity index (χ2v) is 5.90. The first-order valence-corrected chi connectivity index (χ1v) is 5.90. The molecule has 0 saturated carbocycles. The highest BCUT2D eigenvalue weighted by atomic mass is 32.2. The molecule has 0 unspecified atom stereocenters. The van der Waals surface area contributed by atoms with Gasteiger partial charge in [0.15, 0.2) is 0 Å². The van der Waals surface area contributed by atoms with E-state index in [9.17, 15) is 4.79 Å². The van der Waals surface area contributed by atoms with Crippen LogP contribution in [0.5, 0.6) is 0 Å². The van der Waals surface area contributed by atoms with E-state index in [2.05, 4.69) is 11.1 Å². The second-order valence-electron chi connectivity index (χ2n) is 4.29. The molecule has 0 aromatic carbocycles. The van der Waals surface area contributed by atoms with Crippen molar-refractivity contribution in [3.05, 3.63) is 22.9 Å². The summed E-state index contributed by atoms with van der Waals surface area (Å²) < 4.78 is -1.00. The van der Waals surface area contributed by atoms with E-state index in [-0.39, 0.29) is 0 Å². The Morgan fingerprint density at radius 1 is 1.53 bits per heavy atom. The van der Waals surface area contributed by atoms with Crippen LogP contribution in [0.4, 0.5) is 0 Å². The lowest BCUT2D eigenvalue weighted by Crippen LogP contribution is -2.27. The summed E-state index contributed by atoms with van der Waals surface area (Å²) in [6.45, 7) is 6.85. The molecule has 0 bridgehead atoms. The summed E-state index contributed by atoms with van der Waals surface area (Å²) in [7, 11) is 0. The number of carboxylic acids is 1. The number of nitriles is 1. The van der Waals surface area contributed by atoms with Crippen molar-refractivity contribution in [1.82, 2.24) is 4.98 Å². The smallest absolute Gasteiger partial charge is 0.319 e. The standard InChI is InChI=1S/C12H14N2O2S/c1-7-5-8(2)14-10(9(7)6-13)17-12(3,4)11(15)16/h5H,1-4H3,(H,15,16). The van der Waals surface area contributed by atoms with Gasteiger partial charge in [-0.3, -0.25) is 4.79 Å². The lowest BCUT2D eigenvalue weighted by molar-refractivity contribution is -0.138. The van der Waals surface area contributed by atoms with E-state index in [1.807, 2.05) is 19.9 Å². The number of aliphatic carboxylic acids is 1. The molecule has 0 aliphatic carbocycles. The van der Waals surface area contributed by atoms with Gasteiger partial charge in [-0.15, -0.1) is 0 Å². The van der Waals surface area contributed by atoms with Crippen LogP contribution in [0.2, 0.25) is 0 Å². The van der Waals surface area contributed by atoms with Gasteiger partial charge in [0.05, 0.1) is 5.56 Å². The van der Waals surface area contributed by atoms with Crippen molar-refractivity contribution in [2.45, 2.75) is 37.5 Å². The Morgan fingerprint density at radius 2 is 2.12 bits per heavy atom. The van der Waals surface area contributed by atoms with Gasteiger partial charge in [0.1, 0.15) is 15.8 Å². The number of aryl methyl sites for hydroxylation is 2. The van der Waals surface area contributed by atoms with Gasteiger partial charge in [-0.05, 0) is 39.3 Å². The third kappa shape index (κ3) is 2.98. The van der Waals surface area contributed by atoms with Crippen LogP contribution in [0.1, 0.15) is 30.7 Å². The van der Waals surface area contributed by atoms with Gasteiger partial charge in [0, 0.05) is 5.69 Å². The van der Waals surface area contributed by atoms with Crippen molar-refractivity contribution in [2.75, 3.05) is 0 Å². The largest absolute Gasteiger partial charge is 0.480 e. The summed E-state index contributed by atoms with van der Waals surface area (Å²) in [6.07, 6.45) is 0. The topological polar surface area (TPSA) is 74.0 Å². The molecule has 1 aromatic rings. The zero-order valence-electron chi connectivity index (χ0n) is 10.2. The Kier molecular flexibility index (Phi) is 3.79. The lowest BCUT2D eigenvalue weighted by atomic mass is 10.1. The van der Waals surface area contributed by atoms with Crippen LogP contribution in [0.15, 0.2) is 11.1 Å². The molecule has 0 saturated heterocycles. The first-order chi connectivity index (χ1) is 7.77. The minimum absolute atomic E-state index is 0.454. The Bertz CT molecular complexity index is 504. The molecule has 0 spiro atoms. The first kappa shape index (κ1) is 13.5. The van der Waals surface area contributed by atoms with Crippen LogP contribution in [0.3, 0.4) is 0 Å². The summed E-state index contributed by atoms with van der Waals surface area (Å²) in [5.41, 5.74) is 2.06. The van der Waals surface area contributed by atoms with Gasteiger partial charge >= 0.3 is 5.97 Å². The Balaban J connectivity index is 3.24. The fraction of sp³-hybridized carbons (Fsp3) is 0.417. The summed E-state index contributed by atoms with van der Waals surface area (Å²) in [6, 6.07) is 3.89. The molecule has 4 nitrogen and oxygen atoms in total. The van der Waals surface area contributed by atoms with Crippen molar-refractivity contribution in [3.63, 3.8) is 0 Å². The number of nitrogens with zero attached hydrogens (tertiary/aromatic N) is 2. The van der Waals surface area contributed by atoms with Gasteiger partial charge in [-0.2, -0.15) is 5.26 Å². The molecule has 1 rings (SSSR count). The van der Waals surface area contributed by atoms with Gasteiger partial charge in [-0.1, -0.05) is 11.8 Å². The molecule has 90 valence electrons. The number of carbonyl (C=O) groups is 1. The van der Waals surface area contributed by atoms with Crippen LogP contribution in [0.25, 0.3) is 0 Å². The molecule has 5 heteroatoms. The maximum Gasteiger partial charge on any atom is 0.319 e. The van der Waals surface area contributed by atoms with E-state index in [1.165, 1.54) is 0 Å². The molecule has 17 heavy (non-hydrogen) atoms. The van der Waals surface area contributed by atoms with E-state index in [0.717, 1.165) is 23.0 Å². The van der Waals surface area contributed by atoms with Gasteiger partial charge in [0.2, 0.25) is 0 Å². The minimum atomic E-state index is -1.00. The predicted molar refractivity (Wildman–Crippen MR) is 66.0 cm³/mol. The zero-order valence-corrected chi connectivity index (χ0v) is 11.1. The molecule has 1 heterocycles. The normalized spacial score (nSPS) is 11.0. The summed E-state index contributed by atoms with van der Waals surface area (Å²) in [5, 5.41) is 18.6. The number of thioether (sulfide) groups is 1. The van der Waals surface area contributed by atoms with Crippen molar-refractivity contribution in [1.29, 1.82) is 5.26 Å². The SMILES string of the molecule is Cc1cc(C)c(C#N)c(SC(C)(C)C(=O)O)n1. The van der Waals surface area contributed by atoms with E-state index in [4.69, 9.17) is 10.4 Å². The fourth-order valence-corrected chi connectivity index (χ4v) is 2.37. The number of hydrogen-bond donors (Lipinski definition) is 1. The number of carboxylic acid groups (broad SMARTS) is 1. The lowest BCUT2D eigenvalue weighted by Gasteiger charge is -2.19. The van der Waals surface area contributed by atoms with Gasteiger partial charge in [-0.25, -0.2) is 4.98 Å². The summed E-state index contributed by atoms with van der Waals surface area (Å²) >= 11 is 1.10. The van der Waals surface area contributed by atoms with Crippen molar-refractivity contribution in [3.8, 4) is 6.07 Å². The fourth-order valence-electron chi connectivity index (χ4n) is 1.30. The quantitative estimate of drug-likeness (QED) is 0.834. The number of rotatable bonds is 3. The van der Waals surface area contributed by atoms with Crippen LogP contribution >= 0.6 is 11.8 Å². The molecule has 0 amide bonds. The maximum absolute atomic E-state index is 11.1. The zero-order chi connectivity index (χ0) is 13.2. The second kappa shape index (κ2) is 4.76.